The molecule has 0 aromatic heterocycles. The van der Waals surface area contributed by atoms with Gasteiger partial charge in [0, 0.05) is 10.7 Å². The third-order valence-electron chi connectivity index (χ3n) is 3.38. The van der Waals surface area contributed by atoms with Crippen molar-refractivity contribution in [1.82, 2.24) is 0 Å². The van der Waals surface area contributed by atoms with E-state index >= 15 is 0 Å². The number of halogens is 1. The maximum atomic E-state index is 12.2. The van der Waals surface area contributed by atoms with Gasteiger partial charge < -0.3 is 10.1 Å². The van der Waals surface area contributed by atoms with Gasteiger partial charge in [-0.05, 0) is 68.7 Å². The highest BCUT2D eigenvalue weighted by molar-refractivity contribution is 6.32. The second kappa shape index (κ2) is 6.84. The summed E-state index contributed by atoms with van der Waals surface area (Å²) in [5.74, 6) is 0.460. The van der Waals surface area contributed by atoms with Gasteiger partial charge in [0.2, 0.25) is 0 Å². The van der Waals surface area contributed by atoms with Crippen LogP contribution in [-0.2, 0) is 4.79 Å². The molecule has 0 saturated carbocycles. The van der Waals surface area contributed by atoms with Crippen LogP contribution in [0.5, 0.6) is 5.75 Å². The molecule has 0 fully saturated rings. The van der Waals surface area contributed by atoms with Crippen molar-refractivity contribution in [2.24, 2.45) is 0 Å². The van der Waals surface area contributed by atoms with Crippen LogP contribution in [0.1, 0.15) is 23.6 Å². The molecule has 0 saturated heterocycles. The quantitative estimate of drug-likeness (QED) is 0.889. The van der Waals surface area contributed by atoms with Gasteiger partial charge in [-0.2, -0.15) is 0 Å². The molecule has 22 heavy (non-hydrogen) atoms. The number of amides is 1. The summed E-state index contributed by atoms with van der Waals surface area (Å²) in [4.78, 5) is 12.2. The molecule has 2 aromatic carbocycles. The highest BCUT2D eigenvalue weighted by Gasteiger charge is 2.16. The number of aryl methyl sites for hydroxylation is 3. The monoisotopic (exact) mass is 317 g/mol. The van der Waals surface area contributed by atoms with Crippen molar-refractivity contribution in [3.05, 3.63) is 58.1 Å². The Bertz CT molecular complexity index is 674. The number of benzene rings is 2. The van der Waals surface area contributed by atoms with Crippen LogP contribution >= 0.6 is 11.6 Å². The fourth-order valence-corrected chi connectivity index (χ4v) is 2.31. The molecule has 2 rings (SSSR count). The van der Waals surface area contributed by atoms with Crippen LogP contribution in [0.25, 0.3) is 0 Å². The van der Waals surface area contributed by atoms with Crippen LogP contribution in [0, 0.1) is 20.8 Å². The van der Waals surface area contributed by atoms with Gasteiger partial charge in [-0.1, -0.05) is 23.7 Å². The lowest BCUT2D eigenvalue weighted by atomic mass is 10.1. The Hall–Kier alpha value is -2.00. The minimum atomic E-state index is -0.597. The molecule has 2 aromatic rings. The number of carbonyl (C=O) groups is 1. The first-order valence-corrected chi connectivity index (χ1v) is 7.55. The van der Waals surface area contributed by atoms with E-state index in [0.717, 1.165) is 27.4 Å². The van der Waals surface area contributed by atoms with E-state index < -0.39 is 6.10 Å². The number of ether oxygens (including phenoxy) is 1. The van der Waals surface area contributed by atoms with Gasteiger partial charge in [0.05, 0.1) is 0 Å². The van der Waals surface area contributed by atoms with Crippen molar-refractivity contribution < 1.29 is 9.53 Å². The van der Waals surface area contributed by atoms with Gasteiger partial charge in [-0.3, -0.25) is 4.79 Å². The topological polar surface area (TPSA) is 38.3 Å². The van der Waals surface area contributed by atoms with Gasteiger partial charge in [-0.25, -0.2) is 0 Å². The van der Waals surface area contributed by atoms with Crippen LogP contribution in [0.3, 0.4) is 0 Å². The van der Waals surface area contributed by atoms with E-state index in [1.54, 1.807) is 6.92 Å². The molecule has 0 radical (unpaired) electrons. The smallest absolute Gasteiger partial charge is 0.265 e. The summed E-state index contributed by atoms with van der Waals surface area (Å²) < 4.78 is 5.72. The standard InChI is InChI=1S/C18H20ClNO2/c1-11-6-5-7-15(8-11)20-18(21)14(4)22-16-9-12(2)17(19)13(3)10-16/h5-10,14H,1-4H3,(H,20,21)/t14-/m0/s1. The molecule has 0 aliphatic rings. The van der Waals surface area contributed by atoms with Crippen molar-refractivity contribution in [2.45, 2.75) is 33.8 Å². The van der Waals surface area contributed by atoms with Gasteiger partial charge >= 0.3 is 0 Å². The molecular weight excluding hydrogens is 298 g/mol. The van der Waals surface area contributed by atoms with Gasteiger partial charge in [0.1, 0.15) is 5.75 Å². The molecule has 3 nitrogen and oxygen atoms in total. The number of hydrogen-bond acceptors (Lipinski definition) is 2. The van der Waals surface area contributed by atoms with E-state index in [1.165, 1.54) is 0 Å². The summed E-state index contributed by atoms with van der Waals surface area (Å²) in [6.07, 6.45) is -0.597. The highest BCUT2D eigenvalue weighted by atomic mass is 35.5. The zero-order chi connectivity index (χ0) is 16.3. The van der Waals surface area contributed by atoms with Gasteiger partial charge in [-0.15, -0.1) is 0 Å². The first-order valence-electron chi connectivity index (χ1n) is 7.18. The molecule has 0 spiro atoms. The predicted octanol–water partition coefficient (Wildman–Crippen LogP) is 4.67. The van der Waals surface area contributed by atoms with Gasteiger partial charge in [0.25, 0.3) is 5.91 Å². The Morgan fingerprint density at radius 2 is 1.77 bits per heavy atom. The van der Waals surface area contributed by atoms with E-state index in [-0.39, 0.29) is 5.91 Å². The third kappa shape index (κ3) is 4.01. The molecule has 0 unspecified atom stereocenters. The number of anilines is 1. The van der Waals surface area contributed by atoms with Crippen molar-refractivity contribution in [3.63, 3.8) is 0 Å². The number of hydrogen-bond donors (Lipinski definition) is 1. The first kappa shape index (κ1) is 16.4. The number of carbonyl (C=O) groups excluding carboxylic acids is 1. The van der Waals surface area contributed by atoms with Gasteiger partial charge in [0.15, 0.2) is 6.10 Å². The summed E-state index contributed by atoms with van der Waals surface area (Å²) in [7, 11) is 0. The van der Waals surface area contributed by atoms with E-state index in [2.05, 4.69) is 5.32 Å². The third-order valence-corrected chi connectivity index (χ3v) is 3.97. The Kier molecular flexibility index (Phi) is 5.09. The Labute approximate surface area is 136 Å². The van der Waals surface area contributed by atoms with Crippen molar-refractivity contribution in [3.8, 4) is 5.75 Å². The van der Waals surface area contributed by atoms with Crippen molar-refractivity contribution in [2.75, 3.05) is 5.32 Å². The van der Waals surface area contributed by atoms with E-state index in [9.17, 15) is 4.79 Å². The summed E-state index contributed by atoms with van der Waals surface area (Å²) >= 11 is 6.14. The van der Waals surface area contributed by atoms with Crippen LogP contribution in [0.2, 0.25) is 5.02 Å². The molecule has 1 amide bonds. The molecule has 1 atom stereocenters. The molecule has 0 aliphatic heterocycles. The zero-order valence-electron chi connectivity index (χ0n) is 13.2. The van der Waals surface area contributed by atoms with Crippen LogP contribution in [0.15, 0.2) is 36.4 Å². The summed E-state index contributed by atoms with van der Waals surface area (Å²) in [6.45, 7) is 7.54. The zero-order valence-corrected chi connectivity index (χ0v) is 14.0. The second-order valence-corrected chi connectivity index (χ2v) is 5.87. The van der Waals surface area contributed by atoms with E-state index in [0.29, 0.717) is 5.75 Å². The summed E-state index contributed by atoms with van der Waals surface area (Å²) in [5.41, 5.74) is 3.73. The van der Waals surface area contributed by atoms with Crippen LogP contribution in [0.4, 0.5) is 5.69 Å². The highest BCUT2D eigenvalue weighted by Crippen LogP contribution is 2.26. The summed E-state index contributed by atoms with van der Waals surface area (Å²) in [5, 5.41) is 3.58. The normalized spacial score (nSPS) is 11.9. The van der Waals surface area contributed by atoms with Crippen molar-refractivity contribution >= 4 is 23.2 Å². The van der Waals surface area contributed by atoms with Crippen molar-refractivity contribution in [1.29, 1.82) is 0 Å². The molecule has 4 heteroatoms. The fraction of sp³-hybridized carbons (Fsp3) is 0.278. The lowest BCUT2D eigenvalue weighted by molar-refractivity contribution is -0.122. The molecule has 0 aliphatic carbocycles. The van der Waals surface area contributed by atoms with E-state index in [1.807, 2.05) is 57.2 Å². The van der Waals surface area contributed by atoms with Crippen LogP contribution < -0.4 is 10.1 Å². The Morgan fingerprint density at radius 1 is 1.14 bits per heavy atom. The fourth-order valence-electron chi connectivity index (χ4n) is 2.20. The lowest BCUT2D eigenvalue weighted by Crippen LogP contribution is -2.30. The molecule has 0 heterocycles. The average molecular weight is 318 g/mol. The second-order valence-electron chi connectivity index (χ2n) is 5.49. The molecular formula is C18H20ClNO2. The largest absolute Gasteiger partial charge is 0.481 e. The maximum Gasteiger partial charge on any atom is 0.265 e. The predicted molar refractivity (Wildman–Crippen MR) is 90.8 cm³/mol. The summed E-state index contributed by atoms with van der Waals surface area (Å²) in [6, 6.07) is 11.3. The van der Waals surface area contributed by atoms with Crippen LogP contribution in [-0.4, -0.2) is 12.0 Å². The molecule has 116 valence electrons. The van der Waals surface area contributed by atoms with E-state index in [4.69, 9.17) is 16.3 Å². The molecule has 1 N–H and O–H groups in total. The SMILES string of the molecule is Cc1cccc(NC(=O)[C@H](C)Oc2cc(C)c(Cl)c(C)c2)c1. The minimum absolute atomic E-state index is 0.184. The number of rotatable bonds is 4. The first-order chi connectivity index (χ1) is 10.4. The Morgan fingerprint density at radius 3 is 2.36 bits per heavy atom. The minimum Gasteiger partial charge on any atom is -0.481 e. The Balaban J connectivity index is 2.05. The average Bonchev–Trinajstić information content (AvgIpc) is 2.44. The maximum absolute atomic E-state index is 12.2. The lowest BCUT2D eigenvalue weighted by Gasteiger charge is -2.16. The molecule has 0 bridgehead atoms. The number of nitrogens with one attached hydrogen (secondary N) is 1.